The first-order chi connectivity index (χ1) is 12.6. The third-order valence-corrected chi connectivity index (χ3v) is 6.11. The van der Waals surface area contributed by atoms with Gasteiger partial charge >= 0.3 is 0 Å². The van der Waals surface area contributed by atoms with Gasteiger partial charge in [0.1, 0.15) is 11.6 Å². The van der Waals surface area contributed by atoms with Crippen LogP contribution in [0.1, 0.15) is 58.2 Å². The molecule has 6 nitrogen and oxygen atoms in total. The molecule has 1 aromatic rings. The van der Waals surface area contributed by atoms with Crippen LogP contribution in [0.2, 0.25) is 0 Å². The first kappa shape index (κ1) is 22.8. The van der Waals surface area contributed by atoms with Crippen molar-refractivity contribution in [2.75, 3.05) is 18.2 Å². The molecule has 0 aromatic heterocycles. The molecule has 1 aromatic carbocycles. The second-order valence-electron chi connectivity index (χ2n) is 9.10. The van der Waals surface area contributed by atoms with Crippen LogP contribution < -0.4 is 0 Å². The fourth-order valence-electron chi connectivity index (χ4n) is 3.04. The van der Waals surface area contributed by atoms with Gasteiger partial charge in [-0.25, -0.2) is 0 Å². The van der Waals surface area contributed by atoms with E-state index < -0.39 is 21.9 Å². The molecule has 1 amide bonds. The number of amides is 1. The van der Waals surface area contributed by atoms with Crippen molar-refractivity contribution in [3.63, 3.8) is 0 Å². The number of carbonyl (C=O) groups is 1. The Labute approximate surface area is 171 Å². The van der Waals surface area contributed by atoms with Gasteiger partial charge in [-0.2, -0.15) is 8.42 Å². The van der Waals surface area contributed by atoms with Crippen LogP contribution in [0, 0.1) is 0 Å². The highest BCUT2D eigenvalue weighted by atomic mass is 32.2. The van der Waals surface area contributed by atoms with Gasteiger partial charge in [0, 0.05) is 23.4 Å². The number of benzene rings is 1. The summed E-state index contributed by atoms with van der Waals surface area (Å²) >= 11 is 1.36. The van der Waals surface area contributed by atoms with Crippen molar-refractivity contribution in [2.45, 2.75) is 52.4 Å². The van der Waals surface area contributed by atoms with Crippen molar-refractivity contribution in [3.05, 3.63) is 33.7 Å². The molecular weight excluding hydrogens is 398 g/mol. The normalized spacial score (nSPS) is 18.0. The van der Waals surface area contributed by atoms with Gasteiger partial charge < -0.3 is 10.0 Å². The van der Waals surface area contributed by atoms with Crippen LogP contribution in [0.15, 0.2) is 17.0 Å². The van der Waals surface area contributed by atoms with Crippen LogP contribution in [-0.4, -0.2) is 47.1 Å². The first-order valence-electron chi connectivity index (χ1n) is 9.06. The number of thioether (sulfide) groups is 1. The fourth-order valence-corrected chi connectivity index (χ4v) is 4.69. The summed E-state index contributed by atoms with van der Waals surface area (Å²) in [7, 11) is -4.28. The lowest BCUT2D eigenvalue weighted by molar-refractivity contribution is -0.125. The number of phenols is 1. The van der Waals surface area contributed by atoms with Crippen LogP contribution >= 0.6 is 11.8 Å². The smallest absolute Gasteiger partial charge is 0.283 e. The average molecular weight is 428 g/mol. The summed E-state index contributed by atoms with van der Waals surface area (Å²) in [6.45, 7) is 12.3. The largest absolute Gasteiger partial charge is 0.507 e. The number of carbonyl (C=O) groups excluding carboxylic acids is 1. The number of hydrogen-bond donors (Lipinski definition) is 2. The van der Waals surface area contributed by atoms with Crippen molar-refractivity contribution < 1.29 is 22.9 Å². The highest BCUT2D eigenvalue weighted by Crippen LogP contribution is 2.40. The van der Waals surface area contributed by atoms with E-state index in [4.69, 9.17) is 4.55 Å². The molecule has 28 heavy (non-hydrogen) atoms. The Kier molecular flexibility index (Phi) is 6.28. The van der Waals surface area contributed by atoms with Gasteiger partial charge in [0.05, 0.1) is 4.91 Å². The minimum Gasteiger partial charge on any atom is -0.507 e. The molecule has 1 aliphatic rings. The summed E-state index contributed by atoms with van der Waals surface area (Å²) < 4.78 is 31.4. The monoisotopic (exact) mass is 427 g/mol. The van der Waals surface area contributed by atoms with Crippen molar-refractivity contribution in [3.8, 4) is 5.75 Å². The number of rotatable bonds is 3. The molecule has 156 valence electrons. The molecule has 8 heteroatoms. The second kappa shape index (κ2) is 7.72. The van der Waals surface area contributed by atoms with Crippen LogP contribution in [0.25, 0.3) is 6.08 Å². The van der Waals surface area contributed by atoms with E-state index in [-0.39, 0.29) is 23.1 Å². The lowest BCUT2D eigenvalue weighted by Gasteiger charge is -2.29. The van der Waals surface area contributed by atoms with E-state index in [9.17, 15) is 18.3 Å². The summed E-state index contributed by atoms with van der Waals surface area (Å²) in [5.41, 5.74) is 1.76. The zero-order valence-electron chi connectivity index (χ0n) is 17.2. The Morgan fingerprint density at radius 3 is 2.04 bits per heavy atom. The SMILES string of the molecule is CC(C)(C)c1cc(/C=C2/SCCN(CS(=O)(=O)O)C2=O)cc(C(C)(C)C)c1O. The first-order valence-corrected chi connectivity index (χ1v) is 11.7. The van der Waals surface area contributed by atoms with Gasteiger partial charge in [-0.1, -0.05) is 41.5 Å². The topological polar surface area (TPSA) is 94.9 Å². The minimum absolute atomic E-state index is 0.261. The van der Waals surface area contributed by atoms with Gasteiger partial charge in [-0.05, 0) is 34.6 Å². The molecule has 0 atom stereocenters. The Hall–Kier alpha value is -1.51. The van der Waals surface area contributed by atoms with Crippen molar-refractivity contribution >= 4 is 33.9 Å². The summed E-state index contributed by atoms with van der Waals surface area (Å²) in [5.74, 6) is -0.321. The second-order valence-corrected chi connectivity index (χ2v) is 11.7. The molecule has 0 unspecified atom stereocenters. The van der Waals surface area contributed by atoms with Gasteiger partial charge in [0.15, 0.2) is 0 Å². The summed E-state index contributed by atoms with van der Waals surface area (Å²) in [4.78, 5) is 14.2. The maximum absolute atomic E-state index is 12.7. The third kappa shape index (κ3) is 5.52. The fraction of sp³-hybridized carbons (Fsp3) is 0.550. The van der Waals surface area contributed by atoms with Gasteiger partial charge in [0.25, 0.3) is 16.0 Å². The molecule has 2 N–H and O–H groups in total. The van der Waals surface area contributed by atoms with Crippen LogP contribution in [-0.2, 0) is 25.7 Å². The molecule has 2 rings (SSSR count). The highest BCUT2D eigenvalue weighted by Gasteiger charge is 2.29. The number of nitrogens with zero attached hydrogens (tertiary/aromatic N) is 1. The van der Waals surface area contributed by atoms with E-state index in [2.05, 4.69) is 0 Å². The Bertz CT molecular complexity index is 870. The predicted molar refractivity (Wildman–Crippen MR) is 114 cm³/mol. The third-order valence-electron chi connectivity index (χ3n) is 4.48. The summed E-state index contributed by atoms with van der Waals surface area (Å²) in [6, 6.07) is 3.74. The highest BCUT2D eigenvalue weighted by molar-refractivity contribution is 8.04. The molecule has 1 fully saturated rings. The maximum atomic E-state index is 12.7. The number of aromatic hydroxyl groups is 1. The van der Waals surface area contributed by atoms with E-state index >= 15 is 0 Å². The summed E-state index contributed by atoms with van der Waals surface area (Å²) in [6.07, 6.45) is 1.73. The Morgan fingerprint density at radius 1 is 1.11 bits per heavy atom. The predicted octanol–water partition coefficient (Wildman–Crippen LogP) is 3.75. The van der Waals surface area contributed by atoms with Crippen molar-refractivity contribution in [2.24, 2.45) is 0 Å². The van der Waals surface area contributed by atoms with Crippen molar-refractivity contribution in [1.29, 1.82) is 0 Å². The van der Waals surface area contributed by atoms with Gasteiger partial charge in [-0.15, -0.1) is 11.8 Å². The maximum Gasteiger partial charge on any atom is 0.283 e. The Balaban J connectivity index is 2.54. The lowest BCUT2D eigenvalue weighted by atomic mass is 9.78. The Morgan fingerprint density at radius 2 is 1.61 bits per heavy atom. The van der Waals surface area contributed by atoms with E-state index in [1.165, 1.54) is 11.8 Å². The van der Waals surface area contributed by atoms with Crippen molar-refractivity contribution in [1.82, 2.24) is 4.90 Å². The molecule has 1 heterocycles. The summed E-state index contributed by atoms with van der Waals surface area (Å²) in [5, 5.41) is 10.8. The standard InChI is InChI=1S/C20H29NO5S2/c1-19(2,3)14-9-13(10-15(17(14)22)20(4,5)6)11-16-18(23)21(7-8-27-16)12-28(24,25)26/h9-11,22H,7-8,12H2,1-6H3,(H,24,25,26)/b16-11+. The van der Waals surface area contributed by atoms with Gasteiger partial charge in [0.2, 0.25) is 0 Å². The molecule has 0 radical (unpaired) electrons. The molecule has 1 aliphatic heterocycles. The quantitative estimate of drug-likeness (QED) is 0.563. The van der Waals surface area contributed by atoms with Crippen LogP contribution in [0.4, 0.5) is 0 Å². The zero-order valence-corrected chi connectivity index (χ0v) is 18.9. The van der Waals surface area contributed by atoms with E-state index in [0.29, 0.717) is 10.7 Å². The molecule has 0 saturated carbocycles. The zero-order chi connectivity index (χ0) is 21.5. The molecule has 0 spiro atoms. The minimum atomic E-state index is -4.28. The molecule has 0 aliphatic carbocycles. The molecule has 0 bridgehead atoms. The number of phenolic OH excluding ortho intramolecular Hbond substituents is 1. The van der Waals surface area contributed by atoms with Crippen LogP contribution in [0.3, 0.4) is 0 Å². The van der Waals surface area contributed by atoms with Crippen LogP contribution in [0.5, 0.6) is 5.75 Å². The van der Waals surface area contributed by atoms with E-state index in [0.717, 1.165) is 21.6 Å². The number of hydrogen-bond acceptors (Lipinski definition) is 5. The lowest BCUT2D eigenvalue weighted by Crippen LogP contribution is -2.40. The molecular formula is C20H29NO5S2. The van der Waals surface area contributed by atoms with E-state index in [1.54, 1.807) is 6.08 Å². The average Bonchev–Trinajstić information content (AvgIpc) is 2.49. The molecule has 1 saturated heterocycles. The van der Waals surface area contributed by atoms with E-state index in [1.807, 2.05) is 53.7 Å². The van der Waals surface area contributed by atoms with Gasteiger partial charge in [-0.3, -0.25) is 9.35 Å².